The molecule has 0 radical (unpaired) electrons. The Hall–Kier alpha value is -2.45. The highest BCUT2D eigenvalue weighted by molar-refractivity contribution is 5.92. The summed E-state index contributed by atoms with van der Waals surface area (Å²) < 4.78 is 6.10. The van der Waals surface area contributed by atoms with E-state index >= 15 is 0 Å². The summed E-state index contributed by atoms with van der Waals surface area (Å²) in [5.74, 6) is 0.538. The van der Waals surface area contributed by atoms with Crippen LogP contribution in [0, 0.1) is 10.1 Å². The lowest BCUT2D eigenvalue weighted by Gasteiger charge is -2.39. The van der Waals surface area contributed by atoms with Crippen LogP contribution in [0.1, 0.15) is 32.3 Å². The first-order valence-corrected chi connectivity index (χ1v) is 8.68. The van der Waals surface area contributed by atoms with E-state index in [-0.39, 0.29) is 18.2 Å². The van der Waals surface area contributed by atoms with Gasteiger partial charge in [-0.2, -0.15) is 0 Å². The first-order valence-electron chi connectivity index (χ1n) is 8.68. The summed E-state index contributed by atoms with van der Waals surface area (Å²) >= 11 is 0. The highest BCUT2D eigenvalue weighted by Crippen LogP contribution is 2.44. The van der Waals surface area contributed by atoms with Crippen molar-refractivity contribution in [3.8, 4) is 5.75 Å². The Kier molecular flexibility index (Phi) is 4.97. The number of aliphatic hydroxyl groups excluding tert-OH is 1. The molecule has 140 valence electrons. The third-order valence-corrected chi connectivity index (χ3v) is 4.74. The molecule has 2 heterocycles. The van der Waals surface area contributed by atoms with Crippen LogP contribution < -0.4 is 10.1 Å². The molecule has 8 heteroatoms. The molecule has 0 spiro atoms. The molecule has 1 amide bonds. The SMILES string of the molecule is CC1(C)Oc2ccc([N+](=O)[O-])cc2C(N2CCCC2=O)=C1CNCCO. The van der Waals surface area contributed by atoms with Crippen molar-refractivity contribution in [2.75, 3.05) is 26.2 Å². The summed E-state index contributed by atoms with van der Waals surface area (Å²) in [6.07, 6.45) is 1.22. The molecule has 3 rings (SSSR count). The van der Waals surface area contributed by atoms with Crippen LogP contribution in [0.2, 0.25) is 0 Å². The van der Waals surface area contributed by atoms with Gasteiger partial charge in [0.05, 0.1) is 17.2 Å². The van der Waals surface area contributed by atoms with E-state index in [2.05, 4.69) is 5.32 Å². The van der Waals surface area contributed by atoms with Gasteiger partial charge in [0.15, 0.2) is 0 Å². The fraction of sp³-hybridized carbons (Fsp3) is 0.500. The average Bonchev–Trinajstić information content (AvgIpc) is 3.00. The largest absolute Gasteiger partial charge is 0.483 e. The number of benzene rings is 1. The second kappa shape index (κ2) is 7.05. The Morgan fingerprint density at radius 2 is 2.19 bits per heavy atom. The predicted molar refractivity (Wildman–Crippen MR) is 95.6 cm³/mol. The van der Waals surface area contributed by atoms with Gasteiger partial charge < -0.3 is 20.1 Å². The van der Waals surface area contributed by atoms with Crippen molar-refractivity contribution in [3.63, 3.8) is 0 Å². The number of nitrogens with zero attached hydrogens (tertiary/aromatic N) is 2. The van der Waals surface area contributed by atoms with Crippen LogP contribution in [-0.4, -0.2) is 52.7 Å². The number of non-ortho nitro benzene ring substituents is 1. The van der Waals surface area contributed by atoms with Crippen molar-refractivity contribution in [3.05, 3.63) is 39.4 Å². The Labute approximate surface area is 151 Å². The normalized spacial score (nSPS) is 18.7. The van der Waals surface area contributed by atoms with Gasteiger partial charge in [0.1, 0.15) is 11.4 Å². The molecule has 0 bridgehead atoms. The van der Waals surface area contributed by atoms with Crippen LogP contribution in [0.3, 0.4) is 0 Å². The standard InChI is InChI=1S/C18H23N3O5/c1-18(2)14(11-19-7-9-22)17(20-8-3-4-16(20)23)13-10-12(21(24)25)5-6-15(13)26-18/h5-6,10,19,22H,3-4,7-9,11H2,1-2H3. The number of nitro benzene ring substituents is 1. The minimum atomic E-state index is -0.691. The van der Waals surface area contributed by atoms with Crippen molar-refractivity contribution < 1.29 is 19.6 Å². The monoisotopic (exact) mass is 361 g/mol. The van der Waals surface area contributed by atoms with E-state index in [1.165, 1.54) is 12.1 Å². The van der Waals surface area contributed by atoms with Crippen LogP contribution in [0.15, 0.2) is 23.8 Å². The van der Waals surface area contributed by atoms with Gasteiger partial charge in [0, 0.05) is 49.3 Å². The number of nitro groups is 1. The zero-order chi connectivity index (χ0) is 18.9. The summed E-state index contributed by atoms with van der Waals surface area (Å²) in [4.78, 5) is 24.9. The molecule has 1 aromatic rings. The van der Waals surface area contributed by atoms with Gasteiger partial charge in [-0.3, -0.25) is 14.9 Å². The Bertz CT molecular complexity index is 772. The van der Waals surface area contributed by atoms with E-state index in [0.29, 0.717) is 43.1 Å². The maximum Gasteiger partial charge on any atom is 0.270 e. The number of carbonyl (C=O) groups excluding carboxylic acids is 1. The van der Waals surface area contributed by atoms with Crippen molar-refractivity contribution in [1.82, 2.24) is 10.2 Å². The van der Waals surface area contributed by atoms with Gasteiger partial charge in [-0.1, -0.05) is 0 Å². The lowest BCUT2D eigenvalue weighted by molar-refractivity contribution is -0.384. The Morgan fingerprint density at radius 3 is 2.81 bits per heavy atom. The quantitative estimate of drug-likeness (QED) is 0.454. The molecule has 0 saturated carbocycles. The van der Waals surface area contributed by atoms with E-state index in [0.717, 1.165) is 12.0 Å². The van der Waals surface area contributed by atoms with E-state index in [1.807, 2.05) is 13.8 Å². The molecule has 1 saturated heterocycles. The summed E-state index contributed by atoms with van der Waals surface area (Å²) in [6.45, 7) is 5.21. The van der Waals surface area contributed by atoms with E-state index in [9.17, 15) is 14.9 Å². The van der Waals surface area contributed by atoms with Crippen LogP contribution in [0.5, 0.6) is 5.75 Å². The number of hydrogen-bond donors (Lipinski definition) is 2. The van der Waals surface area contributed by atoms with Gasteiger partial charge in [-0.05, 0) is 26.3 Å². The van der Waals surface area contributed by atoms with Crippen LogP contribution in [0.4, 0.5) is 5.69 Å². The number of rotatable bonds is 6. The smallest absolute Gasteiger partial charge is 0.270 e. The molecule has 0 atom stereocenters. The molecule has 0 aliphatic carbocycles. The lowest BCUT2D eigenvalue weighted by Crippen LogP contribution is -2.42. The number of aliphatic hydroxyl groups is 1. The number of nitrogens with one attached hydrogen (secondary N) is 1. The van der Waals surface area contributed by atoms with Crippen LogP contribution >= 0.6 is 0 Å². The molecule has 26 heavy (non-hydrogen) atoms. The number of amides is 1. The predicted octanol–water partition coefficient (Wildman–Crippen LogP) is 1.68. The summed E-state index contributed by atoms with van der Waals surface area (Å²) in [7, 11) is 0. The molecule has 2 aliphatic heterocycles. The van der Waals surface area contributed by atoms with Gasteiger partial charge >= 0.3 is 0 Å². The number of fused-ring (bicyclic) bond motifs is 1. The topological polar surface area (TPSA) is 105 Å². The molecule has 0 aromatic heterocycles. The van der Waals surface area contributed by atoms with E-state index in [1.54, 1.807) is 11.0 Å². The van der Waals surface area contributed by atoms with Gasteiger partial charge in [0.2, 0.25) is 5.91 Å². The average molecular weight is 361 g/mol. The van der Waals surface area contributed by atoms with Gasteiger partial charge in [-0.25, -0.2) is 0 Å². The van der Waals surface area contributed by atoms with E-state index in [4.69, 9.17) is 9.84 Å². The second-order valence-corrected chi connectivity index (χ2v) is 6.93. The summed E-state index contributed by atoms with van der Waals surface area (Å²) in [6, 6.07) is 4.47. The summed E-state index contributed by atoms with van der Waals surface area (Å²) in [5, 5.41) is 23.4. The van der Waals surface area contributed by atoms with E-state index < -0.39 is 10.5 Å². The molecule has 2 aliphatic rings. The minimum absolute atomic E-state index is 0.00535. The third-order valence-electron chi connectivity index (χ3n) is 4.74. The Morgan fingerprint density at radius 1 is 1.42 bits per heavy atom. The maximum absolute atomic E-state index is 12.4. The molecule has 1 aromatic carbocycles. The number of hydrogen-bond acceptors (Lipinski definition) is 6. The molecular weight excluding hydrogens is 338 g/mol. The molecule has 2 N–H and O–H groups in total. The fourth-order valence-electron chi connectivity index (χ4n) is 3.47. The summed E-state index contributed by atoms with van der Waals surface area (Å²) in [5.41, 5.74) is 1.36. The minimum Gasteiger partial charge on any atom is -0.483 e. The van der Waals surface area contributed by atoms with Crippen molar-refractivity contribution >= 4 is 17.3 Å². The highest BCUT2D eigenvalue weighted by Gasteiger charge is 2.40. The number of ether oxygens (including phenoxy) is 1. The molecule has 0 unspecified atom stereocenters. The number of likely N-dealkylation sites (tertiary alicyclic amines) is 1. The highest BCUT2D eigenvalue weighted by atomic mass is 16.6. The first kappa shape index (κ1) is 18.3. The third kappa shape index (κ3) is 3.30. The zero-order valence-electron chi connectivity index (χ0n) is 14.9. The van der Waals surface area contributed by atoms with Crippen molar-refractivity contribution in [1.29, 1.82) is 0 Å². The lowest BCUT2D eigenvalue weighted by atomic mass is 9.88. The van der Waals surface area contributed by atoms with Crippen molar-refractivity contribution in [2.24, 2.45) is 0 Å². The van der Waals surface area contributed by atoms with Crippen LogP contribution in [0.25, 0.3) is 5.70 Å². The molecule has 8 nitrogen and oxygen atoms in total. The van der Waals surface area contributed by atoms with Crippen molar-refractivity contribution in [2.45, 2.75) is 32.3 Å². The molecule has 1 fully saturated rings. The number of carbonyl (C=O) groups is 1. The maximum atomic E-state index is 12.4. The fourth-order valence-corrected chi connectivity index (χ4v) is 3.47. The molecular formula is C18H23N3O5. The Balaban J connectivity index is 2.17. The van der Waals surface area contributed by atoms with Gasteiger partial charge in [-0.15, -0.1) is 0 Å². The zero-order valence-corrected chi connectivity index (χ0v) is 14.9. The first-order chi connectivity index (χ1) is 12.3. The van der Waals surface area contributed by atoms with Crippen LogP contribution in [-0.2, 0) is 4.79 Å². The van der Waals surface area contributed by atoms with Gasteiger partial charge in [0.25, 0.3) is 5.69 Å². The second-order valence-electron chi connectivity index (χ2n) is 6.93.